The van der Waals surface area contributed by atoms with Crippen LogP contribution in [-0.2, 0) is 0 Å². The van der Waals surface area contributed by atoms with E-state index in [-0.39, 0.29) is 11.4 Å². The summed E-state index contributed by atoms with van der Waals surface area (Å²) in [6.45, 7) is 0. The molecule has 16 heavy (non-hydrogen) atoms. The summed E-state index contributed by atoms with van der Waals surface area (Å²) in [6.07, 6.45) is 0. The van der Waals surface area contributed by atoms with Crippen LogP contribution in [0.1, 0.15) is 0 Å². The first-order valence-corrected chi connectivity index (χ1v) is 5.33. The van der Waals surface area contributed by atoms with Crippen LogP contribution in [-0.4, -0.2) is 10.0 Å². The molecule has 0 aliphatic heterocycles. The van der Waals surface area contributed by atoms with Crippen molar-refractivity contribution in [2.45, 2.75) is 0 Å². The lowest BCUT2D eigenvalue weighted by molar-refractivity contribution is -0.383. The Balaban J connectivity index is 2.59. The van der Waals surface area contributed by atoms with E-state index in [1.807, 2.05) is 0 Å². The highest BCUT2D eigenvalue weighted by Gasteiger charge is 2.18. The second kappa shape index (κ2) is 3.82. The standard InChI is InChI=1S/C10H8N2O3S/c11-6-1-2-7(10(13)3-6)8-4-16-5-9(8)12(14)15/h1-5,13H,11H2. The monoisotopic (exact) mass is 236 g/mol. The Kier molecular flexibility index (Phi) is 2.49. The molecule has 2 aromatic rings. The van der Waals surface area contributed by atoms with Crippen LogP contribution in [0.3, 0.4) is 0 Å². The van der Waals surface area contributed by atoms with E-state index < -0.39 is 4.92 Å². The fourth-order valence-corrected chi connectivity index (χ4v) is 2.20. The summed E-state index contributed by atoms with van der Waals surface area (Å²) in [5.41, 5.74) is 6.72. The molecule has 3 N–H and O–H groups in total. The zero-order valence-corrected chi connectivity index (χ0v) is 8.90. The normalized spacial score (nSPS) is 10.2. The van der Waals surface area contributed by atoms with Crippen molar-refractivity contribution in [1.82, 2.24) is 0 Å². The van der Waals surface area contributed by atoms with Gasteiger partial charge in [0.05, 0.1) is 15.9 Å². The van der Waals surface area contributed by atoms with E-state index >= 15 is 0 Å². The van der Waals surface area contributed by atoms with Crippen LogP contribution in [0.25, 0.3) is 11.1 Å². The van der Waals surface area contributed by atoms with Gasteiger partial charge in [-0.25, -0.2) is 0 Å². The van der Waals surface area contributed by atoms with Gasteiger partial charge in [-0.05, 0) is 12.1 Å². The smallest absolute Gasteiger partial charge is 0.287 e. The van der Waals surface area contributed by atoms with Crippen LogP contribution in [0.5, 0.6) is 5.75 Å². The molecule has 0 aliphatic rings. The van der Waals surface area contributed by atoms with Gasteiger partial charge in [-0.15, -0.1) is 11.3 Å². The molecule has 2 rings (SSSR count). The molecule has 82 valence electrons. The highest BCUT2D eigenvalue weighted by Crippen LogP contribution is 2.38. The lowest BCUT2D eigenvalue weighted by Crippen LogP contribution is -1.89. The number of hydrogen-bond donors (Lipinski definition) is 2. The van der Waals surface area contributed by atoms with E-state index in [2.05, 4.69) is 0 Å². The molecule has 0 saturated carbocycles. The summed E-state index contributed by atoms with van der Waals surface area (Å²) in [5.74, 6) is -0.0542. The first kappa shape index (κ1) is 10.4. The van der Waals surface area contributed by atoms with E-state index in [1.165, 1.54) is 22.8 Å². The minimum atomic E-state index is -0.471. The molecule has 0 aliphatic carbocycles. The molecule has 6 heteroatoms. The molecule has 0 radical (unpaired) electrons. The summed E-state index contributed by atoms with van der Waals surface area (Å²) in [7, 11) is 0. The summed E-state index contributed by atoms with van der Waals surface area (Å²) in [5, 5.41) is 23.5. The molecule has 1 aromatic heterocycles. The molecule has 0 amide bonds. The Morgan fingerprint density at radius 1 is 1.31 bits per heavy atom. The van der Waals surface area contributed by atoms with Crippen molar-refractivity contribution in [3.05, 3.63) is 39.1 Å². The number of nitro groups is 1. The number of rotatable bonds is 2. The SMILES string of the molecule is Nc1ccc(-c2cscc2[N+](=O)[O-])c(O)c1. The van der Waals surface area contributed by atoms with Gasteiger partial charge in [0.15, 0.2) is 0 Å². The van der Waals surface area contributed by atoms with Crippen molar-refractivity contribution >= 4 is 22.7 Å². The maximum absolute atomic E-state index is 10.7. The van der Waals surface area contributed by atoms with E-state index in [4.69, 9.17) is 5.73 Å². The van der Waals surface area contributed by atoms with E-state index in [9.17, 15) is 15.2 Å². The number of thiophene rings is 1. The van der Waals surface area contributed by atoms with Gasteiger partial charge >= 0.3 is 0 Å². The second-order valence-corrected chi connectivity index (χ2v) is 3.95. The predicted octanol–water partition coefficient (Wildman–Crippen LogP) is 2.61. The first-order chi connectivity index (χ1) is 7.59. The fourth-order valence-electron chi connectivity index (χ4n) is 1.41. The number of aromatic hydroxyl groups is 1. The summed E-state index contributed by atoms with van der Waals surface area (Å²) in [4.78, 5) is 10.3. The number of anilines is 1. The number of hydrogen-bond acceptors (Lipinski definition) is 5. The van der Waals surface area contributed by atoms with Gasteiger partial charge in [-0.1, -0.05) is 0 Å². The third-order valence-corrected chi connectivity index (χ3v) is 2.88. The van der Waals surface area contributed by atoms with Crippen LogP contribution in [0, 0.1) is 10.1 Å². The molecule has 0 saturated heterocycles. The predicted molar refractivity (Wildman–Crippen MR) is 62.5 cm³/mol. The van der Waals surface area contributed by atoms with Crippen molar-refractivity contribution in [3.8, 4) is 16.9 Å². The second-order valence-electron chi connectivity index (χ2n) is 3.20. The number of nitrogens with two attached hydrogens (primary N) is 1. The lowest BCUT2D eigenvalue weighted by Gasteiger charge is -2.03. The number of nitrogens with zero attached hydrogens (tertiary/aromatic N) is 1. The molecule has 5 nitrogen and oxygen atoms in total. The Morgan fingerprint density at radius 2 is 2.06 bits per heavy atom. The summed E-state index contributed by atoms with van der Waals surface area (Å²) < 4.78 is 0. The fraction of sp³-hybridized carbons (Fsp3) is 0. The first-order valence-electron chi connectivity index (χ1n) is 4.39. The van der Waals surface area contributed by atoms with E-state index in [1.54, 1.807) is 17.5 Å². The van der Waals surface area contributed by atoms with Gasteiger partial charge in [0.1, 0.15) is 5.75 Å². The van der Waals surface area contributed by atoms with Crippen LogP contribution in [0.15, 0.2) is 29.0 Å². The maximum Gasteiger partial charge on any atom is 0.287 e. The lowest BCUT2D eigenvalue weighted by atomic mass is 10.1. The van der Waals surface area contributed by atoms with Gasteiger partial charge in [0.2, 0.25) is 0 Å². The van der Waals surface area contributed by atoms with Crippen molar-refractivity contribution < 1.29 is 10.0 Å². The molecule has 1 aromatic carbocycles. The third kappa shape index (κ3) is 1.70. The van der Waals surface area contributed by atoms with Crippen LogP contribution >= 0.6 is 11.3 Å². The highest BCUT2D eigenvalue weighted by molar-refractivity contribution is 7.08. The Labute approximate surface area is 94.9 Å². The molecular formula is C10H8N2O3S. The Bertz CT molecular complexity index is 551. The van der Waals surface area contributed by atoms with Gasteiger partial charge < -0.3 is 10.8 Å². The Morgan fingerprint density at radius 3 is 2.69 bits per heavy atom. The van der Waals surface area contributed by atoms with Crippen molar-refractivity contribution in [2.24, 2.45) is 0 Å². The number of phenolic OH excluding ortho intramolecular Hbond substituents is 1. The van der Waals surface area contributed by atoms with E-state index in [0.717, 1.165) is 0 Å². The topological polar surface area (TPSA) is 89.4 Å². The van der Waals surface area contributed by atoms with Crippen LogP contribution in [0.2, 0.25) is 0 Å². The molecule has 0 unspecified atom stereocenters. The molecule has 0 atom stereocenters. The summed E-state index contributed by atoms with van der Waals surface area (Å²) >= 11 is 1.22. The summed E-state index contributed by atoms with van der Waals surface area (Å²) in [6, 6.07) is 4.53. The minimum Gasteiger partial charge on any atom is -0.507 e. The average molecular weight is 236 g/mol. The van der Waals surface area contributed by atoms with Gasteiger partial charge in [-0.2, -0.15) is 0 Å². The number of benzene rings is 1. The molecule has 1 heterocycles. The zero-order valence-electron chi connectivity index (χ0n) is 8.08. The van der Waals surface area contributed by atoms with Crippen LogP contribution < -0.4 is 5.73 Å². The molecule has 0 spiro atoms. The minimum absolute atomic E-state index is 0.00919. The zero-order chi connectivity index (χ0) is 11.7. The number of phenols is 1. The van der Waals surface area contributed by atoms with E-state index in [0.29, 0.717) is 16.8 Å². The van der Waals surface area contributed by atoms with Crippen molar-refractivity contribution in [1.29, 1.82) is 0 Å². The molecule has 0 bridgehead atoms. The quantitative estimate of drug-likeness (QED) is 0.476. The van der Waals surface area contributed by atoms with Crippen molar-refractivity contribution in [2.75, 3.05) is 5.73 Å². The van der Waals surface area contributed by atoms with Gasteiger partial charge in [0, 0.05) is 22.7 Å². The molecule has 0 fully saturated rings. The molecular weight excluding hydrogens is 228 g/mol. The van der Waals surface area contributed by atoms with Crippen LogP contribution in [0.4, 0.5) is 11.4 Å². The average Bonchev–Trinajstić information content (AvgIpc) is 2.66. The van der Waals surface area contributed by atoms with Gasteiger partial charge in [0.25, 0.3) is 5.69 Å². The number of nitrogen functional groups attached to an aromatic ring is 1. The Hall–Kier alpha value is -2.08. The largest absolute Gasteiger partial charge is 0.507 e. The van der Waals surface area contributed by atoms with Crippen molar-refractivity contribution in [3.63, 3.8) is 0 Å². The third-order valence-electron chi connectivity index (χ3n) is 2.15. The van der Waals surface area contributed by atoms with Gasteiger partial charge in [-0.3, -0.25) is 10.1 Å². The maximum atomic E-state index is 10.7. The highest BCUT2D eigenvalue weighted by atomic mass is 32.1.